The number of anilines is 2. The summed E-state index contributed by atoms with van der Waals surface area (Å²) >= 11 is 0. The minimum Gasteiger partial charge on any atom is -0.357 e. The highest BCUT2D eigenvalue weighted by atomic mass is 16.2. The van der Waals surface area contributed by atoms with Gasteiger partial charge in [0.1, 0.15) is 0 Å². The minimum atomic E-state index is -0.495. The van der Waals surface area contributed by atoms with Crippen molar-refractivity contribution in [2.75, 3.05) is 10.2 Å². The molecular formula is C34H39N3O2. The van der Waals surface area contributed by atoms with Crippen LogP contribution in [0.3, 0.4) is 0 Å². The van der Waals surface area contributed by atoms with Crippen LogP contribution in [0.1, 0.15) is 94.9 Å². The Morgan fingerprint density at radius 2 is 1.67 bits per heavy atom. The summed E-state index contributed by atoms with van der Waals surface area (Å²) in [5, 5.41) is 3.63. The summed E-state index contributed by atoms with van der Waals surface area (Å²) in [5.41, 5.74) is 6.73. The fourth-order valence-electron chi connectivity index (χ4n) is 5.86. The lowest BCUT2D eigenvalue weighted by Gasteiger charge is -2.35. The van der Waals surface area contributed by atoms with Crippen LogP contribution in [0, 0.1) is 0 Å². The van der Waals surface area contributed by atoms with E-state index in [1.54, 1.807) is 12.4 Å². The highest BCUT2D eigenvalue weighted by Gasteiger charge is 2.41. The molecule has 3 aromatic rings. The Kier molecular flexibility index (Phi) is 7.69. The van der Waals surface area contributed by atoms with Gasteiger partial charge in [0, 0.05) is 36.5 Å². The summed E-state index contributed by atoms with van der Waals surface area (Å²) < 4.78 is 0. The lowest BCUT2D eigenvalue weighted by atomic mass is 9.77. The molecule has 1 aliphatic carbocycles. The van der Waals surface area contributed by atoms with Crippen molar-refractivity contribution < 1.29 is 9.59 Å². The standard InChI is InChI=1S/C34H39N3O2/c1-5-6-7-12-31(39)37-29-11-9-8-10-27(29)36-28-21-25(23-13-15-26(16-14-23)34(2,3)4)22-30(38)32(28)33(37)24-17-19-35-20-18-24/h8-11,13-20,25,33,36H,5-7,12,21-22H2,1-4H3/t25-,33+/m1/s1. The van der Waals surface area contributed by atoms with E-state index in [4.69, 9.17) is 0 Å². The third-order valence-corrected chi connectivity index (χ3v) is 8.02. The van der Waals surface area contributed by atoms with Crippen molar-refractivity contribution in [2.24, 2.45) is 0 Å². The van der Waals surface area contributed by atoms with Gasteiger partial charge in [0.25, 0.3) is 0 Å². The molecule has 5 nitrogen and oxygen atoms in total. The Morgan fingerprint density at radius 3 is 2.36 bits per heavy atom. The Balaban J connectivity index is 1.60. The molecule has 5 rings (SSSR count). The number of carbonyl (C=O) groups is 2. The van der Waals surface area contributed by atoms with E-state index in [0.717, 1.165) is 41.9 Å². The van der Waals surface area contributed by atoms with E-state index in [2.05, 4.69) is 62.3 Å². The van der Waals surface area contributed by atoms with Gasteiger partial charge in [-0.25, -0.2) is 0 Å². The number of rotatable bonds is 6. The zero-order valence-electron chi connectivity index (χ0n) is 23.5. The normalized spacial score (nSPS) is 19.2. The van der Waals surface area contributed by atoms with Gasteiger partial charge in [-0.15, -0.1) is 0 Å². The van der Waals surface area contributed by atoms with Crippen molar-refractivity contribution in [3.05, 3.63) is 101 Å². The van der Waals surface area contributed by atoms with Gasteiger partial charge in [0.05, 0.1) is 17.4 Å². The van der Waals surface area contributed by atoms with E-state index in [1.807, 2.05) is 41.3 Å². The molecule has 1 N–H and O–H groups in total. The smallest absolute Gasteiger partial charge is 0.227 e. The molecule has 0 saturated heterocycles. The zero-order chi connectivity index (χ0) is 27.6. The fourth-order valence-corrected chi connectivity index (χ4v) is 5.86. The van der Waals surface area contributed by atoms with Crippen LogP contribution < -0.4 is 10.2 Å². The monoisotopic (exact) mass is 521 g/mol. The zero-order valence-corrected chi connectivity index (χ0v) is 23.5. The molecule has 1 aliphatic heterocycles. The summed E-state index contributed by atoms with van der Waals surface area (Å²) in [5.74, 6) is 0.213. The van der Waals surface area contributed by atoms with Crippen molar-refractivity contribution >= 4 is 23.1 Å². The number of fused-ring (bicyclic) bond motifs is 1. The third kappa shape index (κ3) is 5.54. The van der Waals surface area contributed by atoms with Crippen LogP contribution in [-0.4, -0.2) is 16.7 Å². The molecule has 0 saturated carbocycles. The average molecular weight is 522 g/mol. The first-order chi connectivity index (χ1) is 18.8. The summed E-state index contributed by atoms with van der Waals surface area (Å²) in [4.78, 5) is 34.1. The van der Waals surface area contributed by atoms with Gasteiger partial charge < -0.3 is 5.32 Å². The number of ketones is 1. The second kappa shape index (κ2) is 11.2. The lowest BCUT2D eigenvalue weighted by molar-refractivity contribution is -0.119. The summed E-state index contributed by atoms with van der Waals surface area (Å²) in [6, 6.07) is 20.0. The first kappa shape index (κ1) is 26.9. The van der Waals surface area contributed by atoms with Gasteiger partial charge in [-0.3, -0.25) is 19.5 Å². The number of nitrogens with one attached hydrogen (secondary N) is 1. The minimum absolute atomic E-state index is 0.0426. The number of benzene rings is 2. The van der Waals surface area contributed by atoms with Crippen LogP contribution in [0.25, 0.3) is 0 Å². The molecule has 39 heavy (non-hydrogen) atoms. The average Bonchev–Trinajstić information content (AvgIpc) is 3.08. The summed E-state index contributed by atoms with van der Waals surface area (Å²) in [6.45, 7) is 8.78. The maximum Gasteiger partial charge on any atom is 0.227 e. The molecule has 0 bridgehead atoms. The Bertz CT molecular complexity index is 1370. The summed E-state index contributed by atoms with van der Waals surface area (Å²) in [7, 11) is 0. The van der Waals surface area contributed by atoms with E-state index >= 15 is 0 Å². The van der Waals surface area contributed by atoms with E-state index in [9.17, 15) is 9.59 Å². The quantitative estimate of drug-likeness (QED) is 0.335. The molecule has 0 fully saturated rings. The van der Waals surface area contributed by atoms with Gasteiger partial charge >= 0.3 is 0 Å². The number of carbonyl (C=O) groups excluding carboxylic acids is 2. The third-order valence-electron chi connectivity index (χ3n) is 8.02. The van der Waals surface area contributed by atoms with Crippen molar-refractivity contribution in [3.8, 4) is 0 Å². The number of pyridine rings is 1. The highest BCUT2D eigenvalue weighted by Crippen LogP contribution is 2.47. The number of nitrogens with zero attached hydrogens (tertiary/aromatic N) is 2. The fraction of sp³-hybridized carbons (Fsp3) is 0.382. The number of hydrogen-bond acceptors (Lipinski definition) is 4. The van der Waals surface area contributed by atoms with Crippen LogP contribution in [0.5, 0.6) is 0 Å². The SMILES string of the molecule is CCCCCC(=O)N1c2ccccc2NC2=C(C(=O)C[C@H](c3ccc(C(C)(C)C)cc3)C2)[C@@H]1c1ccncc1. The Labute approximate surface area is 232 Å². The molecule has 0 spiro atoms. The predicted molar refractivity (Wildman–Crippen MR) is 158 cm³/mol. The molecule has 2 atom stereocenters. The predicted octanol–water partition coefficient (Wildman–Crippen LogP) is 7.86. The van der Waals surface area contributed by atoms with Gasteiger partial charge in [-0.1, -0.05) is 76.9 Å². The van der Waals surface area contributed by atoms with E-state index in [-0.39, 0.29) is 23.0 Å². The molecule has 202 valence electrons. The lowest BCUT2D eigenvalue weighted by Crippen LogP contribution is -2.38. The first-order valence-electron chi connectivity index (χ1n) is 14.2. The number of para-hydroxylation sites is 2. The maximum absolute atomic E-state index is 14.1. The van der Waals surface area contributed by atoms with Crippen LogP contribution in [0.2, 0.25) is 0 Å². The maximum atomic E-state index is 14.1. The molecule has 2 aliphatic rings. The highest BCUT2D eigenvalue weighted by molar-refractivity contribution is 6.06. The van der Waals surface area contributed by atoms with Crippen LogP contribution in [0.15, 0.2) is 84.3 Å². The van der Waals surface area contributed by atoms with E-state index in [1.165, 1.54) is 11.1 Å². The van der Waals surface area contributed by atoms with Crippen molar-refractivity contribution in [1.82, 2.24) is 4.98 Å². The first-order valence-corrected chi connectivity index (χ1v) is 14.2. The topological polar surface area (TPSA) is 62.3 Å². The molecule has 2 heterocycles. The summed E-state index contributed by atoms with van der Waals surface area (Å²) in [6.07, 6.45) is 7.95. The van der Waals surface area contributed by atoms with Crippen molar-refractivity contribution in [1.29, 1.82) is 0 Å². The number of allylic oxidation sites excluding steroid dienone is 1. The molecule has 0 unspecified atom stereocenters. The molecule has 0 radical (unpaired) electrons. The number of unbranched alkanes of at least 4 members (excludes halogenated alkanes) is 2. The van der Waals surface area contributed by atoms with Gasteiger partial charge in [-0.05, 0) is 65.1 Å². The van der Waals surface area contributed by atoms with Gasteiger partial charge in [-0.2, -0.15) is 0 Å². The van der Waals surface area contributed by atoms with Crippen LogP contribution in [-0.2, 0) is 15.0 Å². The number of aromatic nitrogens is 1. The van der Waals surface area contributed by atoms with Crippen molar-refractivity contribution in [2.45, 2.75) is 83.6 Å². The second-order valence-electron chi connectivity index (χ2n) is 11.8. The Morgan fingerprint density at radius 1 is 0.949 bits per heavy atom. The van der Waals surface area contributed by atoms with Crippen LogP contribution in [0.4, 0.5) is 11.4 Å². The molecule has 1 amide bonds. The molecular weight excluding hydrogens is 482 g/mol. The molecule has 5 heteroatoms. The number of Topliss-reactive ketones (excluding diaryl/α,β-unsaturated/α-hetero) is 1. The molecule has 1 aromatic heterocycles. The van der Waals surface area contributed by atoms with E-state index < -0.39 is 6.04 Å². The van der Waals surface area contributed by atoms with Gasteiger partial charge in [0.2, 0.25) is 5.91 Å². The second-order valence-corrected chi connectivity index (χ2v) is 11.8. The number of amides is 1. The number of hydrogen-bond donors (Lipinski definition) is 1. The van der Waals surface area contributed by atoms with Crippen LogP contribution >= 0.6 is 0 Å². The van der Waals surface area contributed by atoms with Gasteiger partial charge in [0.15, 0.2) is 5.78 Å². The van der Waals surface area contributed by atoms with E-state index in [0.29, 0.717) is 24.8 Å². The molecule has 2 aromatic carbocycles. The van der Waals surface area contributed by atoms with Crippen molar-refractivity contribution in [3.63, 3.8) is 0 Å². The Hall–Kier alpha value is -3.73. The largest absolute Gasteiger partial charge is 0.357 e.